The largest absolute Gasteiger partial charge is 0.434 e. The van der Waals surface area contributed by atoms with E-state index in [1.807, 2.05) is 6.07 Å². The summed E-state index contributed by atoms with van der Waals surface area (Å²) in [4.78, 5) is 16.4. The van der Waals surface area contributed by atoms with Gasteiger partial charge in [0.15, 0.2) is 5.69 Å². The van der Waals surface area contributed by atoms with E-state index in [-0.39, 0.29) is 11.9 Å². The van der Waals surface area contributed by atoms with Crippen LogP contribution in [0.3, 0.4) is 0 Å². The first-order chi connectivity index (χ1) is 14.5. The predicted octanol–water partition coefficient (Wildman–Crippen LogP) is 2.45. The average molecular weight is 422 g/mol. The van der Waals surface area contributed by atoms with Crippen molar-refractivity contribution in [2.75, 3.05) is 54.6 Å². The van der Waals surface area contributed by atoms with Gasteiger partial charge in [0.25, 0.3) is 0 Å². The molecule has 8 nitrogen and oxygen atoms in total. The minimum atomic E-state index is -4.52. The van der Waals surface area contributed by atoms with Crippen LogP contribution in [-0.4, -0.2) is 66.6 Å². The molecular formula is C19H21F3N6O2. The van der Waals surface area contributed by atoms with E-state index in [2.05, 4.69) is 36.1 Å². The van der Waals surface area contributed by atoms with Crippen molar-refractivity contribution >= 4 is 23.1 Å². The summed E-state index contributed by atoms with van der Waals surface area (Å²) in [7, 11) is 0. The number of nitrogens with zero attached hydrogens (tertiary/aromatic N) is 5. The van der Waals surface area contributed by atoms with Crippen LogP contribution >= 0.6 is 0 Å². The number of rotatable bonds is 4. The van der Waals surface area contributed by atoms with E-state index in [9.17, 15) is 13.2 Å². The maximum Gasteiger partial charge on any atom is 0.434 e. The van der Waals surface area contributed by atoms with Gasteiger partial charge in [0.05, 0.1) is 44.4 Å². The van der Waals surface area contributed by atoms with Crippen molar-refractivity contribution in [2.24, 2.45) is 0 Å². The molecule has 5 rings (SSSR count). The zero-order chi connectivity index (χ0) is 20.7. The van der Waals surface area contributed by atoms with Crippen LogP contribution in [0.5, 0.6) is 0 Å². The second-order valence-corrected chi connectivity index (χ2v) is 7.58. The summed E-state index contributed by atoms with van der Waals surface area (Å²) < 4.78 is 49.4. The van der Waals surface area contributed by atoms with Gasteiger partial charge in [0.2, 0.25) is 0 Å². The van der Waals surface area contributed by atoms with Gasteiger partial charge in [-0.3, -0.25) is 0 Å². The third kappa shape index (κ3) is 3.86. The van der Waals surface area contributed by atoms with Gasteiger partial charge in [0, 0.05) is 37.5 Å². The Labute approximate surface area is 171 Å². The van der Waals surface area contributed by atoms with Crippen LogP contribution < -0.4 is 15.1 Å². The topological polar surface area (TPSA) is 75.6 Å². The van der Waals surface area contributed by atoms with Crippen LogP contribution in [0, 0.1) is 0 Å². The molecule has 30 heavy (non-hydrogen) atoms. The van der Waals surface area contributed by atoms with Gasteiger partial charge in [-0.2, -0.15) is 13.2 Å². The number of pyridine rings is 1. The van der Waals surface area contributed by atoms with Crippen molar-refractivity contribution in [1.82, 2.24) is 15.0 Å². The van der Waals surface area contributed by atoms with Crippen LogP contribution in [0.4, 0.5) is 36.3 Å². The Morgan fingerprint density at radius 1 is 1.07 bits per heavy atom. The highest BCUT2D eigenvalue weighted by Crippen LogP contribution is 2.35. The molecular weight excluding hydrogens is 401 g/mol. The molecule has 0 amide bonds. The first kappa shape index (κ1) is 19.3. The lowest BCUT2D eigenvalue weighted by Crippen LogP contribution is -2.38. The standard InChI is InChI=1S/C19H21F3N6O2/c20-19(21,22)15-8-24-17(9-23-15)25-16-6-12(28-10-14-5-13(28)11-30-14)7-18(26-16)27-1-3-29-4-2-27/h6-9,13-14H,1-5,10-11H2,(H,24,25,26). The fourth-order valence-electron chi connectivity index (χ4n) is 4.07. The lowest BCUT2D eigenvalue weighted by atomic mass is 10.2. The SMILES string of the molecule is FC(F)(F)c1cnc(Nc2cc(N3CC4CC3CO4)cc(N3CCOCC3)n2)cn1. The molecule has 2 unspecified atom stereocenters. The fourth-order valence-corrected chi connectivity index (χ4v) is 4.07. The van der Waals surface area contributed by atoms with Crippen LogP contribution in [0.2, 0.25) is 0 Å². The van der Waals surface area contributed by atoms with E-state index < -0.39 is 11.9 Å². The molecule has 3 saturated heterocycles. The summed E-state index contributed by atoms with van der Waals surface area (Å²) in [6.45, 7) is 4.22. The monoisotopic (exact) mass is 422 g/mol. The van der Waals surface area contributed by atoms with Crippen LogP contribution in [-0.2, 0) is 15.7 Å². The number of ether oxygens (including phenoxy) is 2. The minimum absolute atomic E-state index is 0.201. The van der Waals surface area contributed by atoms with Gasteiger partial charge < -0.3 is 24.6 Å². The quantitative estimate of drug-likeness (QED) is 0.806. The molecule has 3 fully saturated rings. The number of aromatic nitrogens is 3. The second kappa shape index (κ2) is 7.55. The molecule has 1 N–H and O–H groups in total. The van der Waals surface area contributed by atoms with Crippen molar-refractivity contribution in [3.63, 3.8) is 0 Å². The fraction of sp³-hybridized carbons (Fsp3) is 0.526. The summed E-state index contributed by atoms with van der Waals surface area (Å²) in [5.74, 6) is 1.50. The molecule has 5 heterocycles. The number of alkyl halides is 3. The van der Waals surface area contributed by atoms with Gasteiger partial charge in [0.1, 0.15) is 17.5 Å². The van der Waals surface area contributed by atoms with Crippen molar-refractivity contribution in [2.45, 2.75) is 24.7 Å². The lowest BCUT2D eigenvalue weighted by Gasteiger charge is -2.32. The lowest BCUT2D eigenvalue weighted by molar-refractivity contribution is -0.141. The molecule has 160 valence electrons. The zero-order valence-corrected chi connectivity index (χ0v) is 16.1. The highest BCUT2D eigenvalue weighted by atomic mass is 19.4. The number of halogens is 3. The van der Waals surface area contributed by atoms with Gasteiger partial charge in [-0.25, -0.2) is 15.0 Å². The van der Waals surface area contributed by atoms with Gasteiger partial charge in [-0.05, 0) is 6.42 Å². The summed E-state index contributed by atoms with van der Waals surface area (Å²) >= 11 is 0. The number of fused-ring (bicyclic) bond motifs is 2. The Morgan fingerprint density at radius 3 is 2.53 bits per heavy atom. The summed E-state index contributed by atoms with van der Waals surface area (Å²) in [5.41, 5.74) is -0.0264. The molecule has 3 aliphatic rings. The van der Waals surface area contributed by atoms with E-state index in [4.69, 9.17) is 9.47 Å². The molecule has 2 aromatic heterocycles. The molecule has 11 heteroatoms. The van der Waals surface area contributed by atoms with Crippen LogP contribution in [0.1, 0.15) is 12.1 Å². The Hall–Kier alpha value is -2.66. The summed E-state index contributed by atoms with van der Waals surface area (Å²) in [5, 5.41) is 3.00. The highest BCUT2D eigenvalue weighted by molar-refractivity contribution is 5.66. The van der Waals surface area contributed by atoms with E-state index in [0.29, 0.717) is 37.9 Å². The number of nitrogens with one attached hydrogen (secondary N) is 1. The molecule has 3 aliphatic heterocycles. The zero-order valence-electron chi connectivity index (χ0n) is 16.1. The maximum atomic E-state index is 12.7. The third-order valence-electron chi connectivity index (χ3n) is 5.56. The summed E-state index contributed by atoms with van der Waals surface area (Å²) in [6.07, 6.45) is -1.50. The number of morpholine rings is 2. The number of hydrogen-bond acceptors (Lipinski definition) is 8. The molecule has 0 aromatic carbocycles. The number of anilines is 4. The molecule has 2 atom stereocenters. The molecule has 0 aliphatic carbocycles. The van der Waals surface area contributed by atoms with Gasteiger partial charge in [-0.1, -0.05) is 0 Å². The normalized spacial score (nSPS) is 23.8. The molecule has 0 saturated carbocycles. The molecule has 0 radical (unpaired) electrons. The van der Waals surface area contributed by atoms with E-state index in [1.54, 1.807) is 0 Å². The average Bonchev–Trinajstić information content (AvgIpc) is 3.38. The Bertz CT molecular complexity index is 904. The smallest absolute Gasteiger partial charge is 0.378 e. The second-order valence-electron chi connectivity index (χ2n) is 7.58. The Morgan fingerprint density at radius 2 is 1.90 bits per heavy atom. The predicted molar refractivity (Wildman–Crippen MR) is 103 cm³/mol. The molecule has 2 aromatic rings. The maximum absolute atomic E-state index is 12.7. The van der Waals surface area contributed by atoms with E-state index >= 15 is 0 Å². The van der Waals surface area contributed by atoms with Crippen molar-refractivity contribution in [3.05, 3.63) is 30.2 Å². The molecule has 0 spiro atoms. The molecule has 2 bridgehead atoms. The Balaban J connectivity index is 1.43. The first-order valence-corrected chi connectivity index (χ1v) is 9.85. The van der Waals surface area contributed by atoms with Crippen molar-refractivity contribution in [1.29, 1.82) is 0 Å². The van der Waals surface area contributed by atoms with E-state index in [0.717, 1.165) is 43.8 Å². The first-order valence-electron chi connectivity index (χ1n) is 9.85. The highest BCUT2D eigenvalue weighted by Gasteiger charge is 2.39. The van der Waals surface area contributed by atoms with Crippen molar-refractivity contribution < 1.29 is 22.6 Å². The third-order valence-corrected chi connectivity index (χ3v) is 5.56. The summed E-state index contributed by atoms with van der Waals surface area (Å²) in [6, 6.07) is 4.27. The minimum Gasteiger partial charge on any atom is -0.378 e. The Kier molecular flexibility index (Phi) is 4.86. The van der Waals surface area contributed by atoms with Crippen LogP contribution in [0.25, 0.3) is 0 Å². The van der Waals surface area contributed by atoms with Gasteiger partial charge in [-0.15, -0.1) is 0 Å². The van der Waals surface area contributed by atoms with Crippen LogP contribution in [0.15, 0.2) is 24.5 Å². The van der Waals surface area contributed by atoms with Gasteiger partial charge >= 0.3 is 6.18 Å². The number of hydrogen-bond donors (Lipinski definition) is 1. The van der Waals surface area contributed by atoms with E-state index in [1.165, 1.54) is 0 Å². The van der Waals surface area contributed by atoms with Crippen molar-refractivity contribution in [3.8, 4) is 0 Å².